The van der Waals surface area contributed by atoms with Crippen LogP contribution in [-0.2, 0) is 19.0 Å². The van der Waals surface area contributed by atoms with E-state index in [0.717, 1.165) is 48.0 Å². The minimum Gasteiger partial charge on any atom is -0.493 e. The number of benzene rings is 2. The van der Waals surface area contributed by atoms with Gasteiger partial charge in [-0.2, -0.15) is 13.2 Å². The van der Waals surface area contributed by atoms with Gasteiger partial charge in [-0.05, 0) is 60.2 Å². The first-order valence-electron chi connectivity index (χ1n) is 9.62. The van der Waals surface area contributed by atoms with Gasteiger partial charge in [0, 0.05) is 17.5 Å². The summed E-state index contributed by atoms with van der Waals surface area (Å²) in [6, 6.07) is 12.9. The van der Waals surface area contributed by atoms with E-state index >= 15 is 0 Å². The van der Waals surface area contributed by atoms with Crippen molar-refractivity contribution in [3.8, 4) is 5.75 Å². The van der Waals surface area contributed by atoms with Gasteiger partial charge < -0.3 is 9.46 Å². The number of aromatic nitrogens is 2. The summed E-state index contributed by atoms with van der Waals surface area (Å²) in [5, 5.41) is 0. The lowest BCUT2D eigenvalue weighted by Gasteiger charge is -2.17. The van der Waals surface area contributed by atoms with E-state index in [1.54, 1.807) is 6.20 Å². The molecule has 2 heterocycles. The van der Waals surface area contributed by atoms with Crippen molar-refractivity contribution in [1.82, 2.24) is 9.97 Å². The summed E-state index contributed by atoms with van der Waals surface area (Å²) in [7, 11) is 0. The molecule has 0 saturated carbocycles. The predicted molar refractivity (Wildman–Crippen MR) is 113 cm³/mol. The molecule has 4 nitrogen and oxygen atoms in total. The maximum Gasteiger partial charge on any atom is 0.416 e. The second-order valence-electron chi connectivity index (χ2n) is 6.66. The molecule has 4 rings (SSSR count). The predicted octanol–water partition coefficient (Wildman–Crippen LogP) is 6.14. The van der Waals surface area contributed by atoms with Gasteiger partial charge in [0.25, 0.3) is 0 Å². The standard InChI is InChI=1S/C13H13N3OS.C9H8F4/c1-2-10-3-4-11(8-12(10)17-7-1)18-16-13-5-6-14-9-15-13;10-5-4-7-2-1-3-8(6-7)9(11,12)13/h3-6,8-9H,1-2,7H2,(H,14,15,16);1-3,6H,4-5H2. The van der Waals surface area contributed by atoms with Crippen molar-refractivity contribution < 1.29 is 22.3 Å². The number of halogens is 4. The monoisotopic (exact) mass is 451 g/mol. The first-order chi connectivity index (χ1) is 15.0. The average Bonchev–Trinajstić information content (AvgIpc) is 2.79. The third-order valence-corrected chi connectivity index (χ3v) is 5.18. The van der Waals surface area contributed by atoms with Crippen molar-refractivity contribution >= 4 is 17.8 Å². The van der Waals surface area contributed by atoms with E-state index in [-0.39, 0.29) is 6.42 Å². The molecule has 0 bridgehead atoms. The number of hydrogen-bond acceptors (Lipinski definition) is 5. The molecular weight excluding hydrogens is 430 g/mol. The second-order valence-corrected chi connectivity index (χ2v) is 7.54. The number of fused-ring (bicyclic) bond motifs is 1. The number of nitrogens with one attached hydrogen (secondary N) is 1. The highest BCUT2D eigenvalue weighted by Gasteiger charge is 2.30. The fraction of sp³-hybridized carbons (Fsp3) is 0.273. The van der Waals surface area contributed by atoms with E-state index in [9.17, 15) is 17.6 Å². The highest BCUT2D eigenvalue weighted by atomic mass is 32.2. The largest absolute Gasteiger partial charge is 0.493 e. The molecule has 164 valence electrons. The Hall–Kier alpha value is -2.81. The van der Waals surface area contributed by atoms with Crippen LogP contribution in [0.4, 0.5) is 23.4 Å². The number of aryl methyl sites for hydroxylation is 2. The summed E-state index contributed by atoms with van der Waals surface area (Å²) >= 11 is 1.53. The third-order valence-electron chi connectivity index (χ3n) is 4.38. The molecular formula is C22H21F4N3OS. The van der Waals surface area contributed by atoms with Crippen molar-refractivity contribution in [3.63, 3.8) is 0 Å². The van der Waals surface area contributed by atoms with Crippen LogP contribution in [0.2, 0.25) is 0 Å². The molecule has 1 aliphatic rings. The zero-order chi connectivity index (χ0) is 22.1. The van der Waals surface area contributed by atoms with Gasteiger partial charge in [-0.15, -0.1) is 0 Å². The molecule has 9 heteroatoms. The normalized spacial score (nSPS) is 12.8. The smallest absolute Gasteiger partial charge is 0.416 e. The maximum atomic E-state index is 12.1. The van der Waals surface area contributed by atoms with E-state index in [0.29, 0.717) is 5.56 Å². The van der Waals surface area contributed by atoms with Crippen LogP contribution >= 0.6 is 11.9 Å². The number of hydrogen-bond donors (Lipinski definition) is 1. The minimum atomic E-state index is -4.34. The first kappa shape index (κ1) is 22.9. The van der Waals surface area contributed by atoms with Crippen LogP contribution in [0.3, 0.4) is 0 Å². The van der Waals surface area contributed by atoms with E-state index in [2.05, 4.69) is 32.9 Å². The Balaban J connectivity index is 0.000000187. The van der Waals surface area contributed by atoms with Gasteiger partial charge in [0.05, 0.1) is 18.8 Å². The lowest BCUT2D eigenvalue weighted by atomic mass is 10.1. The Morgan fingerprint density at radius 2 is 1.97 bits per heavy atom. The SMILES string of the molecule is FCCc1cccc(C(F)(F)F)c1.c1cc(NSc2ccc3c(c2)OCCC3)ncn1. The van der Waals surface area contributed by atoms with Crippen molar-refractivity contribution in [2.24, 2.45) is 0 Å². The fourth-order valence-corrected chi connectivity index (χ4v) is 3.50. The van der Waals surface area contributed by atoms with Crippen molar-refractivity contribution in [3.05, 3.63) is 77.7 Å². The molecule has 1 N–H and O–H groups in total. The molecule has 1 aromatic heterocycles. The number of nitrogens with zero attached hydrogens (tertiary/aromatic N) is 2. The van der Waals surface area contributed by atoms with Gasteiger partial charge in [0.15, 0.2) is 0 Å². The average molecular weight is 451 g/mol. The molecule has 1 aliphatic heterocycles. The lowest BCUT2D eigenvalue weighted by Crippen LogP contribution is -2.08. The van der Waals surface area contributed by atoms with Gasteiger partial charge in [-0.1, -0.05) is 24.3 Å². The molecule has 3 aromatic rings. The Labute approximate surface area is 182 Å². The van der Waals surface area contributed by atoms with Crippen LogP contribution in [-0.4, -0.2) is 23.2 Å². The van der Waals surface area contributed by atoms with Crippen LogP contribution in [0.25, 0.3) is 0 Å². The molecule has 0 radical (unpaired) electrons. The maximum absolute atomic E-state index is 12.1. The van der Waals surface area contributed by atoms with Crippen LogP contribution in [0, 0.1) is 0 Å². The highest BCUT2D eigenvalue weighted by Crippen LogP contribution is 2.31. The van der Waals surface area contributed by atoms with Gasteiger partial charge >= 0.3 is 6.18 Å². The summed E-state index contributed by atoms with van der Waals surface area (Å²) in [5.74, 6) is 1.81. The molecule has 2 aromatic carbocycles. The van der Waals surface area contributed by atoms with E-state index in [1.165, 1.54) is 36.0 Å². The Morgan fingerprint density at radius 3 is 2.71 bits per heavy atom. The van der Waals surface area contributed by atoms with Gasteiger partial charge in [0.1, 0.15) is 17.9 Å². The molecule has 0 amide bonds. The quantitative estimate of drug-likeness (QED) is 0.373. The van der Waals surface area contributed by atoms with Crippen LogP contribution in [0.1, 0.15) is 23.1 Å². The molecule has 0 aliphatic carbocycles. The van der Waals surface area contributed by atoms with Crippen molar-refractivity contribution in [2.75, 3.05) is 18.0 Å². The Kier molecular flexibility index (Phi) is 8.11. The minimum absolute atomic E-state index is 0.0317. The zero-order valence-corrected chi connectivity index (χ0v) is 17.3. The van der Waals surface area contributed by atoms with Gasteiger partial charge in [-0.25, -0.2) is 9.97 Å². The van der Waals surface area contributed by atoms with Crippen molar-refractivity contribution in [2.45, 2.75) is 30.3 Å². The number of rotatable bonds is 5. The Morgan fingerprint density at radius 1 is 1.10 bits per heavy atom. The van der Waals surface area contributed by atoms with E-state index in [4.69, 9.17) is 4.74 Å². The highest BCUT2D eigenvalue weighted by molar-refractivity contribution is 8.00. The van der Waals surface area contributed by atoms with E-state index in [1.807, 2.05) is 6.07 Å². The van der Waals surface area contributed by atoms with Gasteiger partial charge in [-0.3, -0.25) is 4.39 Å². The lowest BCUT2D eigenvalue weighted by molar-refractivity contribution is -0.137. The summed E-state index contributed by atoms with van der Waals surface area (Å²) in [4.78, 5) is 9.10. The first-order valence-corrected chi connectivity index (χ1v) is 10.4. The molecule has 31 heavy (non-hydrogen) atoms. The van der Waals surface area contributed by atoms with Crippen LogP contribution in [0.15, 0.2) is 66.0 Å². The van der Waals surface area contributed by atoms with Gasteiger partial charge in [0.2, 0.25) is 0 Å². The molecule has 0 atom stereocenters. The summed E-state index contributed by atoms with van der Waals surface area (Å²) < 4.78 is 57.0. The van der Waals surface area contributed by atoms with Crippen LogP contribution < -0.4 is 9.46 Å². The molecule has 0 saturated heterocycles. The fourth-order valence-electron chi connectivity index (χ4n) is 2.86. The summed E-state index contributed by atoms with van der Waals surface area (Å²) in [6.45, 7) is 0.182. The van der Waals surface area contributed by atoms with Crippen LogP contribution in [0.5, 0.6) is 5.75 Å². The second kappa shape index (κ2) is 11.0. The number of alkyl halides is 4. The van der Waals surface area contributed by atoms with Crippen molar-refractivity contribution in [1.29, 1.82) is 0 Å². The summed E-state index contributed by atoms with van der Waals surface area (Å²) in [6.07, 6.45) is 1.15. The molecule has 0 fully saturated rings. The number of anilines is 1. The molecule has 0 spiro atoms. The number of ether oxygens (including phenoxy) is 1. The Bertz CT molecular complexity index is 970. The zero-order valence-electron chi connectivity index (χ0n) is 16.5. The molecule has 0 unspecified atom stereocenters. The van der Waals surface area contributed by atoms with E-state index < -0.39 is 18.4 Å². The topological polar surface area (TPSA) is 47.0 Å². The third kappa shape index (κ3) is 7.13. The summed E-state index contributed by atoms with van der Waals surface area (Å²) in [5.41, 5.74) is 0.948.